The van der Waals surface area contributed by atoms with Crippen molar-refractivity contribution in [1.82, 2.24) is 15.6 Å². The highest BCUT2D eigenvalue weighted by molar-refractivity contribution is 7.09. The zero-order chi connectivity index (χ0) is 15.9. The molecule has 0 spiro atoms. The number of aromatic nitrogens is 1. The first kappa shape index (κ1) is 16.3. The summed E-state index contributed by atoms with van der Waals surface area (Å²) in [5, 5.41) is 8.50. The molecule has 0 bridgehead atoms. The van der Waals surface area contributed by atoms with Crippen LogP contribution in [0.2, 0.25) is 0 Å². The topological polar surface area (TPSA) is 63.2 Å². The first-order valence-electron chi connectivity index (χ1n) is 7.20. The van der Waals surface area contributed by atoms with E-state index >= 15 is 0 Å². The number of amides is 2. The molecule has 1 aromatic heterocycles. The molecular formula is C16H21N3O2S. The number of hydrogen-bond donors (Lipinski definition) is 2. The van der Waals surface area contributed by atoms with E-state index < -0.39 is 0 Å². The summed E-state index contributed by atoms with van der Waals surface area (Å²) in [6.07, 6.45) is 1.73. The summed E-state index contributed by atoms with van der Waals surface area (Å²) in [7, 11) is 0. The minimum atomic E-state index is -0.219. The van der Waals surface area contributed by atoms with Gasteiger partial charge in [-0.3, -0.25) is 0 Å². The first-order chi connectivity index (χ1) is 10.5. The number of hydrogen-bond acceptors (Lipinski definition) is 4. The van der Waals surface area contributed by atoms with Crippen LogP contribution in [-0.4, -0.2) is 23.7 Å². The van der Waals surface area contributed by atoms with Crippen molar-refractivity contribution >= 4 is 17.4 Å². The summed E-state index contributed by atoms with van der Waals surface area (Å²) in [6.45, 7) is 6.25. The monoisotopic (exact) mass is 319 g/mol. The number of thiazole rings is 1. The molecular weight excluding hydrogens is 298 g/mol. The van der Waals surface area contributed by atoms with E-state index in [1.807, 2.05) is 50.4 Å². The van der Waals surface area contributed by atoms with Crippen LogP contribution in [0.1, 0.15) is 30.5 Å². The molecule has 0 radical (unpaired) electrons. The fourth-order valence-electron chi connectivity index (χ4n) is 1.94. The van der Waals surface area contributed by atoms with E-state index in [4.69, 9.17) is 4.74 Å². The van der Waals surface area contributed by atoms with Gasteiger partial charge in [0, 0.05) is 11.6 Å². The van der Waals surface area contributed by atoms with Crippen LogP contribution in [0.5, 0.6) is 5.75 Å². The molecule has 2 rings (SSSR count). The second-order valence-electron chi connectivity index (χ2n) is 5.24. The summed E-state index contributed by atoms with van der Waals surface area (Å²) in [4.78, 5) is 16.1. The standard InChI is InChI=1S/C16H21N3O2S/c1-11-5-4-6-14(9-11)21-10-12(2)18-16(20)19-13(3)15-17-7-8-22-15/h4-9,12-13H,10H2,1-3H3,(H2,18,19,20)/t12-,13+/m0/s1. The molecule has 0 saturated heterocycles. The summed E-state index contributed by atoms with van der Waals surface area (Å²) in [5.74, 6) is 0.810. The van der Waals surface area contributed by atoms with Crippen LogP contribution >= 0.6 is 11.3 Å². The number of carbonyl (C=O) groups excluding carboxylic acids is 1. The number of rotatable bonds is 6. The largest absolute Gasteiger partial charge is 0.491 e. The molecule has 22 heavy (non-hydrogen) atoms. The molecule has 0 unspecified atom stereocenters. The molecule has 0 saturated carbocycles. The quantitative estimate of drug-likeness (QED) is 0.859. The zero-order valence-corrected chi connectivity index (χ0v) is 13.8. The maximum atomic E-state index is 11.9. The van der Waals surface area contributed by atoms with Crippen molar-refractivity contribution in [3.63, 3.8) is 0 Å². The molecule has 0 aliphatic rings. The Kier molecular flexibility index (Phi) is 5.77. The fourth-order valence-corrected chi connectivity index (χ4v) is 2.59. The smallest absolute Gasteiger partial charge is 0.315 e. The lowest BCUT2D eigenvalue weighted by Crippen LogP contribution is -2.44. The van der Waals surface area contributed by atoms with Crippen LogP contribution in [0, 0.1) is 6.92 Å². The average molecular weight is 319 g/mol. The predicted molar refractivity (Wildman–Crippen MR) is 88.3 cm³/mol. The lowest BCUT2D eigenvalue weighted by atomic mass is 10.2. The van der Waals surface area contributed by atoms with Crippen molar-refractivity contribution in [3.05, 3.63) is 46.4 Å². The molecule has 118 valence electrons. The molecule has 5 nitrogen and oxygen atoms in total. The minimum absolute atomic E-state index is 0.0935. The van der Waals surface area contributed by atoms with Gasteiger partial charge in [0.1, 0.15) is 17.4 Å². The number of nitrogens with zero attached hydrogens (tertiary/aromatic N) is 1. The van der Waals surface area contributed by atoms with E-state index in [9.17, 15) is 4.79 Å². The van der Waals surface area contributed by atoms with Gasteiger partial charge in [-0.25, -0.2) is 9.78 Å². The fraction of sp³-hybridized carbons (Fsp3) is 0.375. The maximum absolute atomic E-state index is 11.9. The maximum Gasteiger partial charge on any atom is 0.315 e. The highest BCUT2D eigenvalue weighted by Crippen LogP contribution is 2.14. The molecule has 2 amide bonds. The van der Waals surface area contributed by atoms with E-state index in [0.717, 1.165) is 16.3 Å². The van der Waals surface area contributed by atoms with Gasteiger partial charge >= 0.3 is 6.03 Å². The number of carbonyl (C=O) groups is 1. The van der Waals surface area contributed by atoms with Gasteiger partial charge in [-0.15, -0.1) is 11.3 Å². The Balaban J connectivity index is 1.74. The van der Waals surface area contributed by atoms with Crippen LogP contribution in [-0.2, 0) is 0 Å². The number of benzene rings is 1. The number of urea groups is 1. The highest BCUT2D eigenvalue weighted by Gasteiger charge is 2.13. The summed E-state index contributed by atoms with van der Waals surface area (Å²) in [6, 6.07) is 7.42. The second-order valence-corrected chi connectivity index (χ2v) is 6.16. The molecule has 0 aliphatic heterocycles. The van der Waals surface area contributed by atoms with Gasteiger partial charge in [0.15, 0.2) is 0 Å². The third kappa shape index (κ3) is 5.04. The van der Waals surface area contributed by atoms with Crippen molar-refractivity contribution < 1.29 is 9.53 Å². The van der Waals surface area contributed by atoms with Gasteiger partial charge < -0.3 is 15.4 Å². The average Bonchev–Trinajstić information content (AvgIpc) is 2.99. The number of ether oxygens (including phenoxy) is 1. The Morgan fingerprint density at radius 2 is 2.18 bits per heavy atom. The Bertz CT molecular complexity index is 601. The summed E-state index contributed by atoms with van der Waals surface area (Å²) < 4.78 is 5.67. The third-order valence-corrected chi connectivity index (χ3v) is 3.99. The summed E-state index contributed by atoms with van der Waals surface area (Å²) in [5.41, 5.74) is 1.15. The highest BCUT2D eigenvalue weighted by atomic mass is 32.1. The Morgan fingerprint density at radius 1 is 1.36 bits per heavy atom. The summed E-state index contributed by atoms with van der Waals surface area (Å²) >= 11 is 1.52. The molecule has 1 heterocycles. The SMILES string of the molecule is Cc1cccc(OC[C@H](C)NC(=O)N[C@H](C)c2nccs2)c1. The molecule has 2 atom stereocenters. The van der Waals surface area contributed by atoms with Crippen molar-refractivity contribution in [2.45, 2.75) is 32.9 Å². The van der Waals surface area contributed by atoms with E-state index in [1.165, 1.54) is 11.3 Å². The van der Waals surface area contributed by atoms with Crippen molar-refractivity contribution in [3.8, 4) is 5.75 Å². The number of nitrogens with one attached hydrogen (secondary N) is 2. The van der Waals surface area contributed by atoms with E-state index in [-0.39, 0.29) is 18.1 Å². The van der Waals surface area contributed by atoms with Crippen LogP contribution in [0.3, 0.4) is 0 Å². The second kappa shape index (κ2) is 7.79. The van der Waals surface area contributed by atoms with Crippen LogP contribution in [0.15, 0.2) is 35.8 Å². The molecule has 0 fully saturated rings. The Morgan fingerprint density at radius 3 is 2.86 bits per heavy atom. The van der Waals surface area contributed by atoms with E-state index in [1.54, 1.807) is 6.20 Å². The Hall–Kier alpha value is -2.08. The van der Waals surface area contributed by atoms with Crippen molar-refractivity contribution in [2.24, 2.45) is 0 Å². The van der Waals surface area contributed by atoms with Crippen LogP contribution in [0.4, 0.5) is 4.79 Å². The molecule has 2 aromatic rings. The van der Waals surface area contributed by atoms with Gasteiger partial charge in [-0.2, -0.15) is 0 Å². The van der Waals surface area contributed by atoms with Crippen LogP contribution < -0.4 is 15.4 Å². The molecule has 6 heteroatoms. The minimum Gasteiger partial charge on any atom is -0.491 e. The Labute approximate surface area is 134 Å². The third-order valence-electron chi connectivity index (χ3n) is 3.04. The lowest BCUT2D eigenvalue weighted by Gasteiger charge is -2.17. The van der Waals surface area contributed by atoms with Gasteiger partial charge in [0.05, 0.1) is 12.1 Å². The lowest BCUT2D eigenvalue weighted by molar-refractivity contribution is 0.224. The molecule has 1 aromatic carbocycles. The molecule has 2 N–H and O–H groups in total. The predicted octanol–water partition coefficient (Wildman–Crippen LogP) is 3.28. The van der Waals surface area contributed by atoms with Gasteiger partial charge in [0.25, 0.3) is 0 Å². The van der Waals surface area contributed by atoms with Crippen molar-refractivity contribution in [1.29, 1.82) is 0 Å². The van der Waals surface area contributed by atoms with Crippen molar-refractivity contribution in [2.75, 3.05) is 6.61 Å². The van der Waals surface area contributed by atoms with E-state index in [2.05, 4.69) is 15.6 Å². The van der Waals surface area contributed by atoms with E-state index in [0.29, 0.717) is 6.61 Å². The van der Waals surface area contributed by atoms with Gasteiger partial charge in [0.2, 0.25) is 0 Å². The van der Waals surface area contributed by atoms with Crippen LogP contribution in [0.25, 0.3) is 0 Å². The first-order valence-corrected chi connectivity index (χ1v) is 8.08. The van der Waals surface area contributed by atoms with Gasteiger partial charge in [-0.05, 0) is 38.5 Å². The zero-order valence-electron chi connectivity index (χ0n) is 13.0. The normalized spacial score (nSPS) is 13.2. The molecule has 0 aliphatic carbocycles. The number of aryl methyl sites for hydroxylation is 1. The van der Waals surface area contributed by atoms with Gasteiger partial charge in [-0.1, -0.05) is 12.1 Å².